The number of benzene rings is 1. The van der Waals surface area contributed by atoms with Crippen molar-refractivity contribution in [2.24, 2.45) is 0 Å². The van der Waals surface area contributed by atoms with Crippen molar-refractivity contribution >= 4 is 16.2 Å². The van der Waals surface area contributed by atoms with Gasteiger partial charge < -0.3 is 5.11 Å². The molecule has 3 heterocycles. The summed E-state index contributed by atoms with van der Waals surface area (Å²) in [6.45, 7) is 1.98. The number of aliphatic hydroxyl groups excluding tert-OH is 1. The van der Waals surface area contributed by atoms with Crippen molar-refractivity contribution < 1.29 is 5.11 Å². The minimum absolute atomic E-state index is 0.514. The van der Waals surface area contributed by atoms with Gasteiger partial charge in [-0.2, -0.15) is 0 Å². The van der Waals surface area contributed by atoms with E-state index >= 15 is 0 Å². The van der Waals surface area contributed by atoms with Gasteiger partial charge in [-0.25, -0.2) is 9.67 Å². The normalized spacial score (nSPS) is 12.8. The molecule has 6 nitrogen and oxygen atoms in total. The van der Waals surface area contributed by atoms with Crippen LogP contribution in [-0.4, -0.2) is 29.5 Å². The quantitative estimate of drug-likeness (QED) is 0.631. The van der Waals surface area contributed by atoms with E-state index in [0.717, 1.165) is 21.1 Å². The van der Waals surface area contributed by atoms with Crippen molar-refractivity contribution in [3.05, 3.63) is 65.3 Å². The van der Waals surface area contributed by atoms with Crippen LogP contribution in [0.4, 0.5) is 0 Å². The Morgan fingerprint density at radius 3 is 2.86 bits per heavy atom. The highest BCUT2D eigenvalue weighted by Crippen LogP contribution is 2.30. The zero-order chi connectivity index (χ0) is 15.1. The smallest absolute Gasteiger partial charge is 0.141 e. The van der Waals surface area contributed by atoms with E-state index in [0.29, 0.717) is 5.69 Å². The molecule has 0 bridgehead atoms. The number of imidazole rings is 1. The Morgan fingerprint density at radius 2 is 2.05 bits per heavy atom. The standard InChI is InChI=1S/C15H13N5OS/c1-10-14(19-9-16-7-13(19)22-10)15(21)12-8-20(18-17-12)11-5-3-2-4-6-11/h2-9,15,21H,1H3. The van der Waals surface area contributed by atoms with E-state index < -0.39 is 6.10 Å². The van der Waals surface area contributed by atoms with Gasteiger partial charge in [-0.1, -0.05) is 23.4 Å². The third kappa shape index (κ3) is 2.02. The van der Waals surface area contributed by atoms with Crippen LogP contribution in [0.5, 0.6) is 0 Å². The number of aliphatic hydroxyl groups is 1. The lowest BCUT2D eigenvalue weighted by molar-refractivity contribution is 0.208. The first-order valence-electron chi connectivity index (χ1n) is 6.81. The molecule has 0 saturated heterocycles. The maximum Gasteiger partial charge on any atom is 0.141 e. The van der Waals surface area contributed by atoms with Gasteiger partial charge in [-0.05, 0) is 19.1 Å². The number of aromatic nitrogens is 5. The highest BCUT2D eigenvalue weighted by Gasteiger charge is 2.22. The summed E-state index contributed by atoms with van der Waals surface area (Å²) in [5.41, 5.74) is 2.21. The lowest BCUT2D eigenvalue weighted by Crippen LogP contribution is -2.05. The van der Waals surface area contributed by atoms with E-state index in [-0.39, 0.29) is 0 Å². The fourth-order valence-corrected chi connectivity index (χ4v) is 3.48. The van der Waals surface area contributed by atoms with Crippen LogP contribution < -0.4 is 0 Å². The second-order valence-corrected chi connectivity index (χ2v) is 6.21. The number of hydrogen-bond donors (Lipinski definition) is 1. The molecule has 1 N–H and O–H groups in total. The van der Waals surface area contributed by atoms with E-state index in [4.69, 9.17) is 0 Å². The summed E-state index contributed by atoms with van der Waals surface area (Å²) in [7, 11) is 0. The van der Waals surface area contributed by atoms with Gasteiger partial charge in [0.05, 0.1) is 23.8 Å². The fraction of sp³-hybridized carbons (Fsp3) is 0.133. The third-order valence-corrected chi connectivity index (χ3v) is 4.58. The van der Waals surface area contributed by atoms with E-state index in [1.54, 1.807) is 34.7 Å². The molecule has 0 aliphatic heterocycles. The number of aryl methyl sites for hydroxylation is 1. The van der Waals surface area contributed by atoms with Crippen LogP contribution in [0.1, 0.15) is 22.4 Å². The van der Waals surface area contributed by atoms with E-state index in [2.05, 4.69) is 15.3 Å². The van der Waals surface area contributed by atoms with Crippen molar-refractivity contribution in [2.75, 3.05) is 0 Å². The minimum Gasteiger partial charge on any atom is -0.380 e. The molecule has 110 valence electrons. The molecular formula is C15H13N5OS. The summed E-state index contributed by atoms with van der Waals surface area (Å²) in [4.78, 5) is 6.16. The van der Waals surface area contributed by atoms with Crippen molar-refractivity contribution in [2.45, 2.75) is 13.0 Å². The summed E-state index contributed by atoms with van der Waals surface area (Å²) < 4.78 is 3.55. The molecule has 0 fully saturated rings. The number of hydrogen-bond acceptors (Lipinski definition) is 5. The number of thiazole rings is 1. The molecular weight excluding hydrogens is 298 g/mol. The largest absolute Gasteiger partial charge is 0.380 e. The fourth-order valence-electron chi connectivity index (χ4n) is 2.49. The first-order chi connectivity index (χ1) is 10.7. The first kappa shape index (κ1) is 13.2. The van der Waals surface area contributed by atoms with Gasteiger partial charge in [0.2, 0.25) is 0 Å². The number of nitrogens with zero attached hydrogens (tertiary/aromatic N) is 5. The Bertz CT molecular complexity index is 924. The zero-order valence-corrected chi connectivity index (χ0v) is 12.6. The zero-order valence-electron chi connectivity index (χ0n) is 11.8. The van der Waals surface area contributed by atoms with Gasteiger partial charge in [0.25, 0.3) is 0 Å². The molecule has 0 aliphatic rings. The van der Waals surface area contributed by atoms with Crippen LogP contribution in [0.3, 0.4) is 0 Å². The van der Waals surface area contributed by atoms with Gasteiger partial charge in [-0.15, -0.1) is 16.4 Å². The topological polar surface area (TPSA) is 68.2 Å². The van der Waals surface area contributed by atoms with Crippen molar-refractivity contribution in [1.82, 2.24) is 24.4 Å². The molecule has 3 aromatic heterocycles. The molecule has 7 heteroatoms. The molecule has 1 atom stereocenters. The van der Waals surface area contributed by atoms with Gasteiger partial charge in [0.15, 0.2) is 0 Å². The average molecular weight is 311 g/mol. The second-order valence-electron chi connectivity index (χ2n) is 4.97. The third-order valence-electron chi connectivity index (χ3n) is 3.55. The summed E-state index contributed by atoms with van der Waals surface area (Å²) in [5.74, 6) is 0. The Hall–Kier alpha value is -2.51. The Kier molecular flexibility index (Phi) is 3.02. The van der Waals surface area contributed by atoms with Crippen LogP contribution in [0, 0.1) is 6.92 Å². The molecule has 1 aromatic carbocycles. The van der Waals surface area contributed by atoms with Crippen molar-refractivity contribution in [3.8, 4) is 5.69 Å². The van der Waals surface area contributed by atoms with E-state index in [1.165, 1.54) is 0 Å². The van der Waals surface area contributed by atoms with Crippen molar-refractivity contribution in [1.29, 1.82) is 0 Å². The number of rotatable bonds is 3. The van der Waals surface area contributed by atoms with Gasteiger partial charge in [0, 0.05) is 4.88 Å². The molecule has 0 saturated carbocycles. The Labute approximate surface area is 130 Å². The monoisotopic (exact) mass is 311 g/mol. The number of fused-ring (bicyclic) bond motifs is 1. The van der Waals surface area contributed by atoms with Gasteiger partial charge in [0.1, 0.15) is 23.0 Å². The molecule has 4 aromatic rings. The number of para-hydroxylation sites is 1. The predicted molar refractivity (Wildman–Crippen MR) is 83.2 cm³/mol. The predicted octanol–water partition coefficient (Wildman–Crippen LogP) is 2.37. The van der Waals surface area contributed by atoms with Crippen molar-refractivity contribution in [3.63, 3.8) is 0 Å². The Balaban J connectivity index is 1.75. The second kappa shape index (κ2) is 5.04. The lowest BCUT2D eigenvalue weighted by atomic mass is 10.2. The average Bonchev–Trinajstić information content (AvgIpc) is 3.22. The van der Waals surface area contributed by atoms with E-state index in [1.807, 2.05) is 41.7 Å². The van der Waals surface area contributed by atoms with Crippen LogP contribution in [0.2, 0.25) is 0 Å². The SMILES string of the molecule is Cc1sc2cncn2c1C(O)c1cn(-c2ccccc2)nn1. The highest BCUT2D eigenvalue weighted by molar-refractivity contribution is 7.17. The van der Waals surface area contributed by atoms with Crippen LogP contribution in [0.25, 0.3) is 10.5 Å². The van der Waals surface area contributed by atoms with Gasteiger partial charge >= 0.3 is 0 Å². The van der Waals surface area contributed by atoms with E-state index in [9.17, 15) is 5.11 Å². The molecule has 0 aliphatic carbocycles. The minimum atomic E-state index is -0.833. The first-order valence-corrected chi connectivity index (χ1v) is 7.63. The molecule has 0 amide bonds. The molecule has 22 heavy (non-hydrogen) atoms. The molecule has 0 spiro atoms. The van der Waals surface area contributed by atoms with Gasteiger partial charge in [-0.3, -0.25) is 4.40 Å². The summed E-state index contributed by atoms with van der Waals surface area (Å²) >= 11 is 1.60. The summed E-state index contributed by atoms with van der Waals surface area (Å²) in [6, 6.07) is 9.69. The maximum absolute atomic E-state index is 10.7. The maximum atomic E-state index is 10.7. The lowest BCUT2D eigenvalue weighted by Gasteiger charge is -2.07. The Morgan fingerprint density at radius 1 is 1.23 bits per heavy atom. The molecule has 1 unspecified atom stereocenters. The highest BCUT2D eigenvalue weighted by atomic mass is 32.1. The molecule has 4 rings (SSSR count). The van der Waals surface area contributed by atoms with Crippen LogP contribution >= 0.6 is 11.3 Å². The molecule has 0 radical (unpaired) electrons. The van der Waals surface area contributed by atoms with Crippen LogP contribution in [0.15, 0.2) is 49.1 Å². The summed E-state index contributed by atoms with van der Waals surface area (Å²) in [6.07, 6.45) is 4.41. The van der Waals surface area contributed by atoms with Crippen LogP contribution in [-0.2, 0) is 0 Å². The summed E-state index contributed by atoms with van der Waals surface area (Å²) in [5, 5.41) is 18.9.